The summed E-state index contributed by atoms with van der Waals surface area (Å²) in [5.74, 6) is 0. The van der Waals surface area contributed by atoms with Crippen LogP contribution in [0, 0.1) is 0 Å². The molecular formula is C54H34N2O. The van der Waals surface area contributed by atoms with Gasteiger partial charge in [0.15, 0.2) is 5.58 Å². The van der Waals surface area contributed by atoms with Gasteiger partial charge in [-0.2, -0.15) is 0 Å². The Bertz CT molecular complexity index is 3510. The van der Waals surface area contributed by atoms with Gasteiger partial charge in [-0.1, -0.05) is 152 Å². The molecule has 0 fully saturated rings. The fourth-order valence-electron chi connectivity index (χ4n) is 9.24. The van der Waals surface area contributed by atoms with E-state index in [-0.39, 0.29) is 0 Å². The highest BCUT2D eigenvalue weighted by molar-refractivity contribution is 6.17. The number of benzene rings is 9. The Balaban J connectivity index is 1.19. The lowest BCUT2D eigenvalue weighted by molar-refractivity contribution is 0.666. The van der Waals surface area contributed by atoms with Gasteiger partial charge in [-0.15, -0.1) is 0 Å². The van der Waals surface area contributed by atoms with Gasteiger partial charge < -0.3 is 13.6 Å². The van der Waals surface area contributed by atoms with E-state index in [9.17, 15) is 0 Å². The van der Waals surface area contributed by atoms with Crippen molar-refractivity contribution < 1.29 is 4.42 Å². The first-order valence-electron chi connectivity index (χ1n) is 19.5. The van der Waals surface area contributed by atoms with Crippen LogP contribution in [0.15, 0.2) is 211 Å². The molecule has 266 valence electrons. The molecule has 3 heteroatoms. The summed E-state index contributed by atoms with van der Waals surface area (Å²) in [4.78, 5) is 0. The molecule has 12 rings (SSSR count). The van der Waals surface area contributed by atoms with Crippen molar-refractivity contribution in [2.24, 2.45) is 0 Å². The first-order chi connectivity index (χ1) is 28.3. The van der Waals surface area contributed by atoms with Crippen LogP contribution in [-0.4, -0.2) is 9.13 Å². The van der Waals surface area contributed by atoms with Crippen molar-refractivity contribution in [3.63, 3.8) is 0 Å². The minimum atomic E-state index is 0.885. The molecule has 0 aliphatic rings. The van der Waals surface area contributed by atoms with E-state index in [2.05, 4.69) is 209 Å². The normalized spacial score (nSPS) is 11.9. The summed E-state index contributed by atoms with van der Waals surface area (Å²) in [7, 11) is 0. The maximum Gasteiger partial charge on any atom is 0.159 e. The second-order valence-corrected chi connectivity index (χ2v) is 14.9. The zero-order valence-corrected chi connectivity index (χ0v) is 30.9. The summed E-state index contributed by atoms with van der Waals surface area (Å²) in [5.41, 5.74) is 15.6. The fourth-order valence-corrected chi connectivity index (χ4v) is 9.24. The second-order valence-electron chi connectivity index (χ2n) is 14.9. The number of rotatable bonds is 5. The first kappa shape index (κ1) is 31.7. The molecule has 0 aliphatic carbocycles. The number of hydrogen-bond donors (Lipinski definition) is 0. The van der Waals surface area contributed by atoms with Crippen LogP contribution in [0.3, 0.4) is 0 Å². The lowest BCUT2D eigenvalue weighted by Crippen LogP contribution is -1.97. The predicted octanol–water partition coefficient (Wildman–Crippen LogP) is 14.8. The van der Waals surface area contributed by atoms with Crippen molar-refractivity contribution in [2.75, 3.05) is 0 Å². The number of fused-ring (bicyclic) bond motifs is 9. The number of furan rings is 1. The van der Waals surface area contributed by atoms with Gasteiger partial charge in [0.25, 0.3) is 0 Å². The summed E-state index contributed by atoms with van der Waals surface area (Å²) in [6.07, 6.45) is 0. The topological polar surface area (TPSA) is 23.0 Å². The van der Waals surface area contributed by atoms with E-state index >= 15 is 0 Å². The number of hydrogen-bond acceptors (Lipinski definition) is 1. The standard InChI is InChI=1S/C54H34N2O/c1-3-16-35(17-4-1)36-32-37(40-23-13-25-45-42-20-7-10-28-48(42)55(52(40)45)39-18-5-2-6-19-39)34-38(33-36)41-24-14-26-46-43-21-8-11-29-49(43)56(53(41)46)50-30-15-27-47-44-22-9-12-31-51(44)57-54(47)50/h1-34H. The van der Waals surface area contributed by atoms with Crippen LogP contribution in [0.5, 0.6) is 0 Å². The van der Waals surface area contributed by atoms with Crippen LogP contribution in [0.4, 0.5) is 0 Å². The lowest BCUT2D eigenvalue weighted by Gasteiger charge is -2.16. The molecule has 9 aromatic carbocycles. The predicted molar refractivity (Wildman–Crippen MR) is 239 cm³/mol. The molecule has 0 spiro atoms. The Morgan fingerprint density at radius 1 is 0.316 bits per heavy atom. The highest BCUT2D eigenvalue weighted by Crippen LogP contribution is 2.44. The van der Waals surface area contributed by atoms with Crippen LogP contribution in [0.2, 0.25) is 0 Å². The monoisotopic (exact) mass is 726 g/mol. The van der Waals surface area contributed by atoms with E-state index < -0.39 is 0 Å². The summed E-state index contributed by atoms with van der Waals surface area (Å²) in [6.45, 7) is 0. The second kappa shape index (κ2) is 12.5. The maximum atomic E-state index is 6.70. The van der Waals surface area contributed by atoms with Gasteiger partial charge in [-0.3, -0.25) is 0 Å². The van der Waals surface area contributed by atoms with E-state index in [0.717, 1.165) is 61.0 Å². The van der Waals surface area contributed by atoms with E-state index in [4.69, 9.17) is 4.42 Å². The molecule has 0 unspecified atom stereocenters. The van der Waals surface area contributed by atoms with Crippen LogP contribution in [0.1, 0.15) is 0 Å². The molecule has 3 nitrogen and oxygen atoms in total. The molecule has 57 heavy (non-hydrogen) atoms. The summed E-state index contributed by atoms with van der Waals surface area (Å²) in [5, 5.41) is 7.12. The van der Waals surface area contributed by atoms with E-state index in [1.165, 1.54) is 49.3 Å². The van der Waals surface area contributed by atoms with Crippen LogP contribution in [0.25, 0.3) is 110 Å². The molecular weight excluding hydrogens is 693 g/mol. The zero-order chi connectivity index (χ0) is 37.5. The average molecular weight is 727 g/mol. The van der Waals surface area contributed by atoms with Crippen LogP contribution in [-0.2, 0) is 0 Å². The third kappa shape index (κ3) is 4.79. The van der Waals surface area contributed by atoms with Crippen molar-refractivity contribution in [3.05, 3.63) is 206 Å². The van der Waals surface area contributed by atoms with Gasteiger partial charge in [-0.05, 0) is 76.9 Å². The Labute approximate surface area is 328 Å². The largest absolute Gasteiger partial charge is 0.454 e. The molecule has 0 N–H and O–H groups in total. The highest BCUT2D eigenvalue weighted by atomic mass is 16.3. The summed E-state index contributed by atoms with van der Waals surface area (Å²) >= 11 is 0. The number of nitrogens with zero attached hydrogens (tertiary/aromatic N) is 2. The van der Waals surface area contributed by atoms with Crippen molar-refractivity contribution in [2.45, 2.75) is 0 Å². The molecule has 12 aromatic rings. The number of para-hydroxylation sites is 7. The van der Waals surface area contributed by atoms with Gasteiger partial charge in [0.05, 0.1) is 27.8 Å². The van der Waals surface area contributed by atoms with Crippen molar-refractivity contribution >= 4 is 65.6 Å². The molecule has 3 aromatic heterocycles. The van der Waals surface area contributed by atoms with Gasteiger partial charge >= 0.3 is 0 Å². The maximum absolute atomic E-state index is 6.70. The molecule has 0 aliphatic heterocycles. The van der Waals surface area contributed by atoms with Crippen molar-refractivity contribution in [3.8, 4) is 44.8 Å². The third-order valence-corrected chi connectivity index (χ3v) is 11.7. The van der Waals surface area contributed by atoms with Gasteiger partial charge in [0.1, 0.15) is 5.58 Å². The van der Waals surface area contributed by atoms with Crippen molar-refractivity contribution in [1.82, 2.24) is 9.13 Å². The molecule has 0 atom stereocenters. The van der Waals surface area contributed by atoms with E-state index in [1.807, 2.05) is 6.07 Å². The highest BCUT2D eigenvalue weighted by Gasteiger charge is 2.22. The molecule has 0 amide bonds. The minimum Gasteiger partial charge on any atom is -0.454 e. The molecule has 0 bridgehead atoms. The first-order valence-corrected chi connectivity index (χ1v) is 19.5. The minimum absolute atomic E-state index is 0.885. The molecule has 3 heterocycles. The summed E-state index contributed by atoms with van der Waals surface area (Å²) < 4.78 is 11.6. The lowest BCUT2D eigenvalue weighted by atomic mass is 9.91. The van der Waals surface area contributed by atoms with E-state index in [1.54, 1.807) is 0 Å². The molecule has 0 radical (unpaired) electrons. The van der Waals surface area contributed by atoms with Gasteiger partial charge in [0, 0.05) is 49.1 Å². The zero-order valence-electron chi connectivity index (χ0n) is 30.9. The molecule has 0 saturated carbocycles. The van der Waals surface area contributed by atoms with Gasteiger partial charge in [-0.25, -0.2) is 0 Å². The SMILES string of the molecule is c1ccc(-c2cc(-c3cccc4c5ccccc5n(-c5ccccc5)c34)cc(-c3cccc4c5ccccc5n(-c5cccc6c5oc5ccccc56)c34)c2)cc1. The van der Waals surface area contributed by atoms with Crippen LogP contribution < -0.4 is 0 Å². The quantitative estimate of drug-likeness (QED) is 0.173. The third-order valence-electron chi connectivity index (χ3n) is 11.7. The fraction of sp³-hybridized carbons (Fsp3) is 0. The smallest absolute Gasteiger partial charge is 0.159 e. The Morgan fingerprint density at radius 2 is 0.807 bits per heavy atom. The van der Waals surface area contributed by atoms with E-state index in [0.29, 0.717) is 0 Å². The Kier molecular flexibility index (Phi) is 6.93. The number of aromatic nitrogens is 2. The molecule has 0 saturated heterocycles. The summed E-state index contributed by atoms with van der Waals surface area (Å²) in [6, 6.07) is 74.5. The average Bonchev–Trinajstić information content (AvgIpc) is 3.95. The van der Waals surface area contributed by atoms with Crippen molar-refractivity contribution in [1.29, 1.82) is 0 Å². The Hall–Kier alpha value is -7.62. The van der Waals surface area contributed by atoms with Crippen LogP contribution >= 0.6 is 0 Å². The van der Waals surface area contributed by atoms with Gasteiger partial charge in [0.2, 0.25) is 0 Å². The Morgan fingerprint density at radius 3 is 1.49 bits per heavy atom.